The van der Waals surface area contributed by atoms with Crippen molar-refractivity contribution in [3.05, 3.63) is 30.8 Å². The molecule has 1 aliphatic heterocycles. The predicted molar refractivity (Wildman–Crippen MR) is 96.5 cm³/mol. The summed E-state index contributed by atoms with van der Waals surface area (Å²) in [5.74, 6) is 2.08. The summed E-state index contributed by atoms with van der Waals surface area (Å²) in [6.07, 6.45) is 5.21. The minimum absolute atomic E-state index is 0.00729. The largest absolute Gasteiger partial charge is 0.496 e. The average Bonchev–Trinajstić information content (AvgIpc) is 3.16. The summed E-state index contributed by atoms with van der Waals surface area (Å²) >= 11 is 0. The van der Waals surface area contributed by atoms with Crippen LogP contribution in [0.5, 0.6) is 5.75 Å². The molecular weight excluding hydrogens is 318 g/mol. The summed E-state index contributed by atoms with van der Waals surface area (Å²) in [5.41, 5.74) is 1.51. The molecule has 6 nitrogen and oxygen atoms in total. The number of oxazole rings is 1. The van der Waals surface area contributed by atoms with Crippen molar-refractivity contribution in [1.82, 2.24) is 10.3 Å². The molecule has 1 saturated heterocycles. The van der Waals surface area contributed by atoms with Gasteiger partial charge in [0.2, 0.25) is 5.91 Å². The normalized spacial score (nSPS) is 20.5. The van der Waals surface area contributed by atoms with Crippen LogP contribution in [-0.2, 0) is 4.79 Å². The lowest BCUT2D eigenvalue weighted by molar-refractivity contribution is -0.120. The van der Waals surface area contributed by atoms with Crippen molar-refractivity contribution >= 4 is 11.6 Å². The molecule has 3 rings (SSSR count). The van der Waals surface area contributed by atoms with Crippen LogP contribution in [0.25, 0.3) is 11.3 Å². The van der Waals surface area contributed by atoms with Gasteiger partial charge in [0.05, 0.1) is 24.9 Å². The van der Waals surface area contributed by atoms with Gasteiger partial charge in [-0.3, -0.25) is 4.79 Å². The lowest BCUT2D eigenvalue weighted by Gasteiger charge is -2.34. The number of anilines is 1. The van der Waals surface area contributed by atoms with Crippen molar-refractivity contribution in [1.29, 1.82) is 0 Å². The monoisotopic (exact) mass is 343 g/mol. The van der Waals surface area contributed by atoms with Gasteiger partial charge in [-0.05, 0) is 43.4 Å². The third kappa shape index (κ3) is 3.85. The van der Waals surface area contributed by atoms with Gasteiger partial charge in [0.15, 0.2) is 12.2 Å². The van der Waals surface area contributed by atoms with Crippen molar-refractivity contribution in [3.8, 4) is 17.1 Å². The van der Waals surface area contributed by atoms with Gasteiger partial charge in [0.1, 0.15) is 5.75 Å². The maximum Gasteiger partial charge on any atom is 0.241 e. The van der Waals surface area contributed by atoms with Crippen LogP contribution in [0.2, 0.25) is 0 Å². The van der Waals surface area contributed by atoms with Gasteiger partial charge in [-0.15, -0.1) is 0 Å². The highest BCUT2D eigenvalue weighted by molar-refractivity contribution is 5.95. The highest BCUT2D eigenvalue weighted by atomic mass is 16.5. The third-order valence-electron chi connectivity index (χ3n) is 4.81. The SMILES string of the molecule is COc1cc(NC(=O)C2NCCCC2C(C)C)ccc1-c1cnco1. The zero-order valence-electron chi connectivity index (χ0n) is 14.9. The van der Waals surface area contributed by atoms with Crippen LogP contribution in [0.15, 0.2) is 35.2 Å². The number of piperidine rings is 1. The van der Waals surface area contributed by atoms with Crippen LogP contribution in [0.4, 0.5) is 5.69 Å². The van der Waals surface area contributed by atoms with Crippen LogP contribution in [0.3, 0.4) is 0 Å². The van der Waals surface area contributed by atoms with E-state index < -0.39 is 0 Å². The van der Waals surface area contributed by atoms with Crippen molar-refractivity contribution in [2.75, 3.05) is 19.0 Å². The molecule has 1 aliphatic rings. The molecule has 1 aromatic carbocycles. The van der Waals surface area contributed by atoms with Gasteiger partial charge in [0, 0.05) is 11.8 Å². The second-order valence-corrected chi connectivity index (χ2v) is 6.75. The van der Waals surface area contributed by atoms with Crippen LogP contribution in [-0.4, -0.2) is 30.6 Å². The number of rotatable bonds is 5. The molecular formula is C19H25N3O3. The molecule has 0 spiro atoms. The van der Waals surface area contributed by atoms with Gasteiger partial charge in [-0.2, -0.15) is 0 Å². The highest BCUT2D eigenvalue weighted by Gasteiger charge is 2.32. The van der Waals surface area contributed by atoms with E-state index in [4.69, 9.17) is 9.15 Å². The van der Waals surface area contributed by atoms with Crippen molar-refractivity contribution in [3.63, 3.8) is 0 Å². The number of amides is 1. The molecule has 2 atom stereocenters. The molecule has 0 saturated carbocycles. The number of nitrogens with one attached hydrogen (secondary N) is 2. The molecule has 1 aromatic heterocycles. The second-order valence-electron chi connectivity index (χ2n) is 6.75. The Morgan fingerprint density at radius 2 is 2.28 bits per heavy atom. The first-order valence-electron chi connectivity index (χ1n) is 8.71. The fraction of sp³-hybridized carbons (Fsp3) is 0.474. The quantitative estimate of drug-likeness (QED) is 0.871. The first-order valence-corrected chi connectivity index (χ1v) is 8.71. The van der Waals surface area contributed by atoms with Gasteiger partial charge in [-0.25, -0.2) is 4.98 Å². The summed E-state index contributed by atoms with van der Waals surface area (Å²) in [7, 11) is 1.60. The molecule has 1 amide bonds. The summed E-state index contributed by atoms with van der Waals surface area (Å²) < 4.78 is 10.8. The predicted octanol–water partition coefficient (Wildman–Crippen LogP) is 3.31. The number of aromatic nitrogens is 1. The number of hydrogen-bond donors (Lipinski definition) is 2. The maximum absolute atomic E-state index is 12.8. The van der Waals surface area contributed by atoms with Gasteiger partial charge in [0.25, 0.3) is 0 Å². The Morgan fingerprint density at radius 3 is 2.96 bits per heavy atom. The number of benzene rings is 1. The van der Waals surface area contributed by atoms with E-state index in [-0.39, 0.29) is 11.9 Å². The van der Waals surface area contributed by atoms with E-state index in [1.807, 2.05) is 18.2 Å². The minimum atomic E-state index is -0.159. The molecule has 2 aromatic rings. The summed E-state index contributed by atoms with van der Waals surface area (Å²) in [6.45, 7) is 5.23. The summed E-state index contributed by atoms with van der Waals surface area (Å²) in [5, 5.41) is 6.38. The number of hydrogen-bond acceptors (Lipinski definition) is 5. The lowest BCUT2D eigenvalue weighted by atomic mass is 9.82. The van der Waals surface area contributed by atoms with E-state index in [2.05, 4.69) is 29.5 Å². The Kier molecular flexibility index (Phi) is 5.38. The molecule has 0 aliphatic carbocycles. The molecule has 25 heavy (non-hydrogen) atoms. The van der Waals surface area contributed by atoms with Gasteiger partial charge in [-0.1, -0.05) is 13.8 Å². The molecule has 6 heteroatoms. The minimum Gasteiger partial charge on any atom is -0.496 e. The van der Waals surface area contributed by atoms with Crippen LogP contribution in [0, 0.1) is 11.8 Å². The van der Waals surface area contributed by atoms with Crippen molar-refractivity contribution in [2.24, 2.45) is 11.8 Å². The number of methoxy groups -OCH3 is 1. The molecule has 2 unspecified atom stereocenters. The van der Waals surface area contributed by atoms with Crippen molar-refractivity contribution in [2.45, 2.75) is 32.7 Å². The average molecular weight is 343 g/mol. The fourth-order valence-electron chi connectivity index (χ4n) is 3.46. The van der Waals surface area contributed by atoms with Crippen LogP contribution in [0.1, 0.15) is 26.7 Å². The first-order chi connectivity index (χ1) is 12.1. The van der Waals surface area contributed by atoms with E-state index in [1.165, 1.54) is 6.39 Å². The Hall–Kier alpha value is -2.34. The Morgan fingerprint density at radius 1 is 1.44 bits per heavy atom. The number of nitrogens with zero attached hydrogens (tertiary/aromatic N) is 1. The molecule has 134 valence electrons. The molecule has 0 radical (unpaired) electrons. The lowest BCUT2D eigenvalue weighted by Crippen LogP contribution is -2.50. The zero-order chi connectivity index (χ0) is 17.8. The van der Waals surface area contributed by atoms with E-state index in [1.54, 1.807) is 13.3 Å². The smallest absolute Gasteiger partial charge is 0.241 e. The van der Waals surface area contributed by atoms with E-state index in [0.717, 1.165) is 24.9 Å². The second kappa shape index (κ2) is 7.70. The van der Waals surface area contributed by atoms with E-state index in [0.29, 0.717) is 29.0 Å². The van der Waals surface area contributed by atoms with E-state index in [9.17, 15) is 4.79 Å². The summed E-state index contributed by atoms with van der Waals surface area (Å²) in [6, 6.07) is 5.37. The Labute approximate surface area is 148 Å². The third-order valence-corrected chi connectivity index (χ3v) is 4.81. The van der Waals surface area contributed by atoms with Crippen molar-refractivity contribution < 1.29 is 13.9 Å². The summed E-state index contributed by atoms with van der Waals surface area (Å²) in [4.78, 5) is 16.7. The van der Waals surface area contributed by atoms with Crippen LogP contribution < -0.4 is 15.4 Å². The molecule has 1 fully saturated rings. The molecule has 0 bridgehead atoms. The standard InChI is InChI=1S/C19H25N3O3/c1-12(2)14-5-4-8-21-18(14)19(23)22-13-6-7-15(16(9-13)24-3)17-10-20-11-25-17/h6-7,9-12,14,18,21H,4-5,8H2,1-3H3,(H,22,23). The number of ether oxygens (including phenoxy) is 1. The number of carbonyl (C=O) groups excluding carboxylic acids is 1. The van der Waals surface area contributed by atoms with Gasteiger partial charge < -0.3 is 19.8 Å². The molecule has 2 heterocycles. The van der Waals surface area contributed by atoms with Gasteiger partial charge >= 0.3 is 0 Å². The number of carbonyl (C=O) groups is 1. The highest BCUT2D eigenvalue weighted by Crippen LogP contribution is 2.32. The zero-order valence-corrected chi connectivity index (χ0v) is 14.9. The first kappa shape index (κ1) is 17.5. The van der Waals surface area contributed by atoms with Crippen LogP contribution >= 0.6 is 0 Å². The molecule has 2 N–H and O–H groups in total. The Balaban J connectivity index is 1.77. The maximum atomic E-state index is 12.8. The Bertz CT molecular complexity index is 713. The fourth-order valence-corrected chi connectivity index (χ4v) is 3.46. The topological polar surface area (TPSA) is 76.4 Å². The van der Waals surface area contributed by atoms with E-state index >= 15 is 0 Å².